The van der Waals surface area contributed by atoms with Crippen molar-refractivity contribution in [1.29, 1.82) is 0 Å². The summed E-state index contributed by atoms with van der Waals surface area (Å²) in [6.07, 6.45) is 2.17. The van der Waals surface area contributed by atoms with Crippen molar-refractivity contribution in [3.05, 3.63) is 71.1 Å². The summed E-state index contributed by atoms with van der Waals surface area (Å²) < 4.78 is 32.7. The lowest BCUT2D eigenvalue weighted by Crippen LogP contribution is -2.10. The number of nitrogens with zero attached hydrogens (tertiary/aromatic N) is 2. The van der Waals surface area contributed by atoms with Gasteiger partial charge in [0.15, 0.2) is 5.82 Å². The molecule has 0 atom stereocenters. The number of amides is 1. The first-order chi connectivity index (χ1) is 13.4. The van der Waals surface area contributed by atoms with Crippen molar-refractivity contribution >= 4 is 17.7 Å². The summed E-state index contributed by atoms with van der Waals surface area (Å²) in [5.41, 5.74) is 1.56. The molecule has 1 amide bonds. The maximum Gasteiger partial charge on any atom is 0.260 e. The van der Waals surface area contributed by atoms with Crippen LogP contribution in [0.4, 0.5) is 14.5 Å². The molecular weight excluding hydrogens is 364 g/mol. The van der Waals surface area contributed by atoms with E-state index in [9.17, 15) is 13.6 Å². The maximum atomic E-state index is 13.7. The number of anilines is 1. The normalized spacial score (nSPS) is 11.4. The molecule has 0 fully saturated rings. The molecule has 1 N–H and O–H groups in total. The van der Waals surface area contributed by atoms with Crippen LogP contribution in [0.3, 0.4) is 0 Å². The standard InChI is InChI=1S/C21H19F2N3O2/c1-12(2)20-25-21(28-26-20)15-7-4-6-13(3)19(15)24-18(27)11-10-14-16(22)8-5-9-17(14)23/h4-12H,1-3H3,(H,24,27)/b11-10-. The Bertz CT molecular complexity index is 1020. The zero-order valence-electron chi connectivity index (χ0n) is 15.7. The number of benzene rings is 2. The monoisotopic (exact) mass is 383 g/mol. The van der Waals surface area contributed by atoms with Crippen molar-refractivity contribution in [2.45, 2.75) is 26.7 Å². The number of hydrogen-bond acceptors (Lipinski definition) is 4. The lowest BCUT2D eigenvalue weighted by molar-refractivity contribution is -0.111. The molecule has 5 nitrogen and oxygen atoms in total. The molecule has 1 aromatic heterocycles. The van der Waals surface area contributed by atoms with Crippen LogP contribution >= 0.6 is 0 Å². The van der Waals surface area contributed by atoms with Gasteiger partial charge >= 0.3 is 0 Å². The lowest BCUT2D eigenvalue weighted by atomic mass is 10.1. The van der Waals surface area contributed by atoms with E-state index < -0.39 is 17.5 Å². The minimum absolute atomic E-state index is 0.0962. The van der Waals surface area contributed by atoms with Crippen LogP contribution in [0.15, 0.2) is 47.0 Å². The summed E-state index contributed by atoms with van der Waals surface area (Å²) >= 11 is 0. The van der Waals surface area contributed by atoms with Crippen LogP contribution in [-0.4, -0.2) is 16.0 Å². The molecule has 28 heavy (non-hydrogen) atoms. The second-order valence-electron chi connectivity index (χ2n) is 6.57. The molecule has 3 rings (SSSR count). The van der Waals surface area contributed by atoms with E-state index in [1.807, 2.05) is 32.9 Å². The Morgan fingerprint density at radius 1 is 1.14 bits per heavy atom. The summed E-state index contributed by atoms with van der Waals surface area (Å²) in [6, 6.07) is 8.89. The maximum absolute atomic E-state index is 13.7. The van der Waals surface area contributed by atoms with E-state index in [1.54, 1.807) is 6.07 Å². The van der Waals surface area contributed by atoms with Gasteiger partial charge in [0, 0.05) is 17.6 Å². The van der Waals surface area contributed by atoms with Gasteiger partial charge in [-0.15, -0.1) is 0 Å². The molecule has 144 valence electrons. The van der Waals surface area contributed by atoms with Crippen LogP contribution in [0.25, 0.3) is 17.5 Å². The highest BCUT2D eigenvalue weighted by Gasteiger charge is 2.17. The quantitative estimate of drug-likeness (QED) is 0.623. The fourth-order valence-electron chi connectivity index (χ4n) is 2.58. The van der Waals surface area contributed by atoms with E-state index in [1.165, 1.54) is 6.07 Å². The molecule has 1 heterocycles. The molecule has 0 radical (unpaired) electrons. The van der Waals surface area contributed by atoms with E-state index in [2.05, 4.69) is 15.5 Å². The number of nitrogens with one attached hydrogen (secondary N) is 1. The van der Waals surface area contributed by atoms with Crippen LogP contribution in [0.5, 0.6) is 0 Å². The SMILES string of the molecule is Cc1cccc(-c2nc(C(C)C)no2)c1NC(=O)/C=C\c1c(F)cccc1F. The number of aryl methyl sites for hydroxylation is 1. The molecule has 0 bridgehead atoms. The summed E-state index contributed by atoms with van der Waals surface area (Å²) in [5, 5.41) is 6.67. The number of hydrogen-bond donors (Lipinski definition) is 1. The van der Waals surface area contributed by atoms with Crippen LogP contribution in [-0.2, 0) is 4.79 Å². The van der Waals surface area contributed by atoms with Crippen molar-refractivity contribution in [1.82, 2.24) is 10.1 Å². The molecule has 0 aliphatic carbocycles. The van der Waals surface area contributed by atoms with Crippen LogP contribution in [0.1, 0.15) is 36.7 Å². The van der Waals surface area contributed by atoms with Gasteiger partial charge in [-0.2, -0.15) is 4.98 Å². The third-order valence-electron chi connectivity index (χ3n) is 4.11. The number of aromatic nitrogens is 2. The molecule has 0 saturated carbocycles. The molecule has 0 aliphatic heterocycles. The van der Waals surface area contributed by atoms with Gasteiger partial charge in [-0.1, -0.05) is 37.2 Å². The molecule has 0 spiro atoms. The first-order valence-corrected chi connectivity index (χ1v) is 8.73. The largest absolute Gasteiger partial charge is 0.334 e. The van der Waals surface area contributed by atoms with Crippen LogP contribution in [0.2, 0.25) is 0 Å². The second kappa shape index (κ2) is 8.12. The molecule has 7 heteroatoms. The first-order valence-electron chi connectivity index (χ1n) is 8.73. The average Bonchev–Trinajstić information content (AvgIpc) is 3.13. The molecule has 2 aromatic carbocycles. The van der Waals surface area contributed by atoms with Gasteiger partial charge in [-0.05, 0) is 36.8 Å². The number of carbonyl (C=O) groups is 1. The minimum atomic E-state index is -0.743. The summed E-state index contributed by atoms with van der Waals surface area (Å²) in [5.74, 6) is -1.09. The zero-order chi connectivity index (χ0) is 20.3. The minimum Gasteiger partial charge on any atom is -0.334 e. The highest BCUT2D eigenvalue weighted by molar-refractivity contribution is 6.04. The van der Waals surface area contributed by atoms with E-state index >= 15 is 0 Å². The van der Waals surface area contributed by atoms with Crippen molar-refractivity contribution in [3.63, 3.8) is 0 Å². The van der Waals surface area contributed by atoms with Gasteiger partial charge in [0.1, 0.15) is 11.6 Å². The average molecular weight is 383 g/mol. The third-order valence-corrected chi connectivity index (χ3v) is 4.11. The zero-order valence-corrected chi connectivity index (χ0v) is 15.7. The highest BCUT2D eigenvalue weighted by atomic mass is 19.1. The number of halogens is 2. The smallest absolute Gasteiger partial charge is 0.260 e. The topological polar surface area (TPSA) is 68.0 Å². The lowest BCUT2D eigenvalue weighted by Gasteiger charge is -2.10. The van der Waals surface area contributed by atoms with Gasteiger partial charge in [-0.25, -0.2) is 8.78 Å². The Kier molecular flexibility index (Phi) is 5.63. The predicted octanol–water partition coefficient (Wildman–Crippen LogP) is 5.10. The first kappa shape index (κ1) is 19.4. The van der Waals surface area contributed by atoms with Gasteiger partial charge in [0.25, 0.3) is 5.89 Å². The highest BCUT2D eigenvalue weighted by Crippen LogP contribution is 2.30. The Morgan fingerprint density at radius 3 is 2.46 bits per heavy atom. The number of para-hydroxylation sites is 1. The second-order valence-corrected chi connectivity index (χ2v) is 6.57. The van der Waals surface area contributed by atoms with Crippen molar-refractivity contribution in [3.8, 4) is 11.5 Å². The van der Waals surface area contributed by atoms with E-state index in [0.29, 0.717) is 17.1 Å². The molecular formula is C21H19F2N3O2. The molecule has 0 aliphatic rings. The number of rotatable bonds is 5. The third kappa shape index (κ3) is 4.14. The fourth-order valence-corrected chi connectivity index (χ4v) is 2.58. The Hall–Kier alpha value is -3.35. The Labute approximate surface area is 161 Å². The summed E-state index contributed by atoms with van der Waals surface area (Å²) in [4.78, 5) is 16.7. The van der Waals surface area contributed by atoms with Crippen LogP contribution in [0, 0.1) is 18.6 Å². The van der Waals surface area contributed by atoms with Gasteiger partial charge in [0.2, 0.25) is 5.91 Å². The van der Waals surface area contributed by atoms with Gasteiger partial charge in [-0.3, -0.25) is 4.79 Å². The van der Waals surface area contributed by atoms with Gasteiger partial charge in [0.05, 0.1) is 11.3 Å². The van der Waals surface area contributed by atoms with Crippen LogP contribution < -0.4 is 5.32 Å². The van der Waals surface area contributed by atoms with Crippen molar-refractivity contribution < 1.29 is 18.1 Å². The molecule has 0 unspecified atom stereocenters. The van der Waals surface area contributed by atoms with Gasteiger partial charge < -0.3 is 9.84 Å². The van der Waals surface area contributed by atoms with E-state index in [0.717, 1.165) is 29.8 Å². The van der Waals surface area contributed by atoms with E-state index in [-0.39, 0.29) is 17.4 Å². The summed E-state index contributed by atoms with van der Waals surface area (Å²) in [6.45, 7) is 5.71. The van der Waals surface area contributed by atoms with Crippen molar-refractivity contribution in [2.75, 3.05) is 5.32 Å². The molecule has 3 aromatic rings. The molecule has 0 saturated heterocycles. The number of carbonyl (C=O) groups excluding carboxylic acids is 1. The van der Waals surface area contributed by atoms with E-state index in [4.69, 9.17) is 4.52 Å². The van der Waals surface area contributed by atoms with Crippen molar-refractivity contribution in [2.24, 2.45) is 0 Å². The fraction of sp³-hybridized carbons (Fsp3) is 0.190. The predicted molar refractivity (Wildman–Crippen MR) is 103 cm³/mol. The Morgan fingerprint density at radius 2 is 1.82 bits per heavy atom. The Balaban J connectivity index is 1.87. The summed E-state index contributed by atoms with van der Waals surface area (Å²) in [7, 11) is 0.